The Labute approximate surface area is 140 Å². The minimum absolute atomic E-state index is 0.116. The molecule has 0 unspecified atom stereocenters. The number of nitrogens with one attached hydrogen (secondary N) is 1. The standard InChI is InChI=1S/C18H21N5O/c1-12-17-16(22(2)21-12)11-20-23(17)9-8-19-18(24)15-10-14(15)13-6-4-3-5-7-13/h3-7,11,14-15H,8-10H2,1-2H3,(H,19,24)/t14-,15+/m1/s1. The van der Waals surface area contributed by atoms with Crippen molar-refractivity contribution in [3.8, 4) is 0 Å². The molecule has 2 heterocycles. The molecule has 1 fully saturated rings. The minimum atomic E-state index is 0.116. The molecule has 124 valence electrons. The fourth-order valence-corrected chi connectivity index (χ4v) is 3.45. The highest BCUT2D eigenvalue weighted by atomic mass is 16.2. The summed E-state index contributed by atoms with van der Waals surface area (Å²) in [5.74, 6) is 0.642. The first-order chi connectivity index (χ1) is 11.6. The van der Waals surface area contributed by atoms with Gasteiger partial charge in [0.05, 0.1) is 18.4 Å². The number of fused-ring (bicyclic) bond motifs is 1. The second-order valence-electron chi connectivity index (χ2n) is 6.46. The van der Waals surface area contributed by atoms with Crippen LogP contribution in [0.15, 0.2) is 36.5 Å². The summed E-state index contributed by atoms with van der Waals surface area (Å²) in [5.41, 5.74) is 4.28. The van der Waals surface area contributed by atoms with Gasteiger partial charge in [0, 0.05) is 19.5 Å². The van der Waals surface area contributed by atoms with E-state index in [0.29, 0.717) is 19.0 Å². The van der Waals surface area contributed by atoms with Gasteiger partial charge in [-0.15, -0.1) is 0 Å². The van der Waals surface area contributed by atoms with Gasteiger partial charge in [0.25, 0.3) is 0 Å². The molecular formula is C18H21N5O. The third-order valence-corrected chi connectivity index (χ3v) is 4.79. The van der Waals surface area contributed by atoms with Crippen LogP contribution in [0.2, 0.25) is 0 Å². The second kappa shape index (κ2) is 5.78. The molecule has 0 aliphatic heterocycles. The number of nitrogens with zero attached hydrogens (tertiary/aromatic N) is 4. The summed E-state index contributed by atoms with van der Waals surface area (Å²) < 4.78 is 3.75. The second-order valence-corrected chi connectivity index (χ2v) is 6.46. The van der Waals surface area contributed by atoms with E-state index >= 15 is 0 Å². The maximum atomic E-state index is 12.3. The van der Waals surface area contributed by atoms with Crippen LogP contribution in [0.1, 0.15) is 23.6 Å². The van der Waals surface area contributed by atoms with Crippen molar-refractivity contribution in [2.75, 3.05) is 6.54 Å². The summed E-state index contributed by atoms with van der Waals surface area (Å²) >= 11 is 0. The van der Waals surface area contributed by atoms with Crippen molar-refractivity contribution < 1.29 is 4.79 Å². The van der Waals surface area contributed by atoms with Crippen LogP contribution in [0.4, 0.5) is 0 Å². The van der Waals surface area contributed by atoms with Crippen LogP contribution in [-0.2, 0) is 18.4 Å². The van der Waals surface area contributed by atoms with Crippen LogP contribution in [0.3, 0.4) is 0 Å². The summed E-state index contributed by atoms with van der Waals surface area (Å²) in [5, 5.41) is 11.9. The van der Waals surface area contributed by atoms with Gasteiger partial charge in [0.1, 0.15) is 11.0 Å². The normalized spacial score (nSPS) is 19.6. The average Bonchev–Trinajstić information content (AvgIpc) is 3.20. The SMILES string of the molecule is Cc1nn(C)c2cnn(CCNC(=O)[C@H]3C[C@@H]3c3ccccc3)c12. The fraction of sp³-hybridized carbons (Fsp3) is 0.389. The molecule has 0 saturated heterocycles. The van der Waals surface area contributed by atoms with Crippen LogP contribution in [0.25, 0.3) is 11.0 Å². The van der Waals surface area contributed by atoms with Crippen molar-refractivity contribution in [2.45, 2.75) is 25.8 Å². The fourth-order valence-electron chi connectivity index (χ4n) is 3.45. The third kappa shape index (κ3) is 2.58. The Hall–Kier alpha value is -2.63. The lowest BCUT2D eigenvalue weighted by Gasteiger charge is -2.06. The summed E-state index contributed by atoms with van der Waals surface area (Å²) in [6, 6.07) is 10.3. The molecule has 1 aliphatic carbocycles. The number of aryl methyl sites for hydroxylation is 2. The Morgan fingerprint density at radius 2 is 2.12 bits per heavy atom. The molecule has 0 bridgehead atoms. The molecule has 1 N–H and O–H groups in total. The number of hydrogen-bond donors (Lipinski definition) is 1. The van der Waals surface area contributed by atoms with Gasteiger partial charge >= 0.3 is 0 Å². The van der Waals surface area contributed by atoms with E-state index in [1.54, 1.807) is 0 Å². The average molecular weight is 323 g/mol. The molecule has 0 spiro atoms. The van der Waals surface area contributed by atoms with E-state index in [2.05, 4.69) is 27.6 Å². The molecule has 24 heavy (non-hydrogen) atoms. The number of carbonyl (C=O) groups excluding carboxylic acids is 1. The highest BCUT2D eigenvalue weighted by Gasteiger charge is 2.43. The van der Waals surface area contributed by atoms with Crippen molar-refractivity contribution in [3.05, 3.63) is 47.8 Å². The lowest BCUT2D eigenvalue weighted by molar-refractivity contribution is -0.122. The lowest BCUT2D eigenvalue weighted by atomic mass is 10.1. The van der Waals surface area contributed by atoms with Gasteiger partial charge in [-0.1, -0.05) is 30.3 Å². The molecule has 0 radical (unpaired) electrons. The Morgan fingerprint density at radius 3 is 2.92 bits per heavy atom. The largest absolute Gasteiger partial charge is 0.354 e. The first-order valence-corrected chi connectivity index (χ1v) is 8.33. The zero-order valence-corrected chi connectivity index (χ0v) is 13.9. The molecule has 6 nitrogen and oxygen atoms in total. The van der Waals surface area contributed by atoms with E-state index in [-0.39, 0.29) is 11.8 Å². The van der Waals surface area contributed by atoms with Gasteiger partial charge in [0.15, 0.2) is 0 Å². The quantitative estimate of drug-likeness (QED) is 0.781. The summed E-state index contributed by atoms with van der Waals surface area (Å²) in [4.78, 5) is 12.3. The van der Waals surface area contributed by atoms with Gasteiger partial charge in [0.2, 0.25) is 5.91 Å². The molecule has 1 amide bonds. The molecular weight excluding hydrogens is 302 g/mol. The van der Waals surface area contributed by atoms with Crippen molar-refractivity contribution in [3.63, 3.8) is 0 Å². The third-order valence-electron chi connectivity index (χ3n) is 4.79. The number of hydrogen-bond acceptors (Lipinski definition) is 3. The Kier molecular flexibility index (Phi) is 3.59. The highest BCUT2D eigenvalue weighted by Crippen LogP contribution is 2.47. The van der Waals surface area contributed by atoms with E-state index in [9.17, 15) is 4.79 Å². The topological polar surface area (TPSA) is 64.7 Å². The number of rotatable bonds is 5. The molecule has 1 aromatic carbocycles. The van der Waals surface area contributed by atoms with Crippen LogP contribution in [0, 0.1) is 12.8 Å². The predicted octanol–water partition coefficient (Wildman–Crippen LogP) is 2.00. The Balaban J connectivity index is 1.34. The molecule has 3 aromatic rings. The molecule has 6 heteroatoms. The zero-order chi connectivity index (χ0) is 16.7. The first kappa shape index (κ1) is 14.9. The smallest absolute Gasteiger partial charge is 0.223 e. The minimum Gasteiger partial charge on any atom is -0.354 e. The summed E-state index contributed by atoms with van der Waals surface area (Å²) in [6.45, 7) is 3.22. The Morgan fingerprint density at radius 1 is 1.33 bits per heavy atom. The maximum absolute atomic E-state index is 12.3. The van der Waals surface area contributed by atoms with Crippen LogP contribution < -0.4 is 5.32 Å². The van der Waals surface area contributed by atoms with E-state index in [1.165, 1.54) is 5.56 Å². The first-order valence-electron chi connectivity index (χ1n) is 8.33. The zero-order valence-electron chi connectivity index (χ0n) is 13.9. The molecule has 2 aromatic heterocycles. The van der Waals surface area contributed by atoms with Crippen molar-refractivity contribution in [1.29, 1.82) is 0 Å². The predicted molar refractivity (Wildman–Crippen MR) is 91.5 cm³/mol. The van der Waals surface area contributed by atoms with E-state index in [0.717, 1.165) is 23.1 Å². The van der Waals surface area contributed by atoms with E-state index < -0.39 is 0 Å². The van der Waals surface area contributed by atoms with E-state index in [1.807, 2.05) is 47.7 Å². The van der Waals surface area contributed by atoms with Gasteiger partial charge in [-0.2, -0.15) is 10.2 Å². The van der Waals surface area contributed by atoms with Crippen LogP contribution in [0.5, 0.6) is 0 Å². The van der Waals surface area contributed by atoms with E-state index in [4.69, 9.17) is 0 Å². The Bertz CT molecular complexity index is 880. The van der Waals surface area contributed by atoms with Gasteiger partial charge < -0.3 is 5.32 Å². The number of aromatic nitrogens is 4. The van der Waals surface area contributed by atoms with Crippen LogP contribution >= 0.6 is 0 Å². The van der Waals surface area contributed by atoms with Gasteiger partial charge in [-0.05, 0) is 24.8 Å². The molecule has 2 atom stereocenters. The molecule has 4 rings (SSSR count). The van der Waals surface area contributed by atoms with Crippen molar-refractivity contribution in [2.24, 2.45) is 13.0 Å². The summed E-state index contributed by atoms with van der Waals surface area (Å²) in [6.07, 6.45) is 2.77. The van der Waals surface area contributed by atoms with Crippen LogP contribution in [-0.4, -0.2) is 32.0 Å². The highest BCUT2D eigenvalue weighted by molar-refractivity contribution is 5.83. The lowest BCUT2D eigenvalue weighted by Crippen LogP contribution is -2.29. The number of amides is 1. The van der Waals surface area contributed by atoms with Crippen molar-refractivity contribution in [1.82, 2.24) is 24.9 Å². The number of benzene rings is 1. The van der Waals surface area contributed by atoms with Crippen molar-refractivity contribution >= 4 is 16.9 Å². The monoisotopic (exact) mass is 323 g/mol. The maximum Gasteiger partial charge on any atom is 0.223 e. The van der Waals surface area contributed by atoms with Gasteiger partial charge in [-0.3, -0.25) is 14.2 Å². The molecule has 1 aliphatic rings. The van der Waals surface area contributed by atoms with Gasteiger partial charge in [-0.25, -0.2) is 0 Å². The summed E-state index contributed by atoms with van der Waals surface area (Å²) in [7, 11) is 1.92. The molecule has 1 saturated carbocycles. The number of carbonyl (C=O) groups is 1.